The lowest BCUT2D eigenvalue weighted by atomic mass is 9.85. The lowest BCUT2D eigenvalue weighted by Gasteiger charge is -2.26. The Hall–Kier alpha value is -1.71. The summed E-state index contributed by atoms with van der Waals surface area (Å²) in [7, 11) is 0. The molecule has 16 heavy (non-hydrogen) atoms. The minimum absolute atomic E-state index is 0.420. The van der Waals surface area contributed by atoms with Crippen LogP contribution in [0.15, 0.2) is 18.2 Å². The molecule has 1 aromatic rings. The van der Waals surface area contributed by atoms with Crippen LogP contribution in [-0.4, -0.2) is 12.5 Å². The normalized spacial score (nSPS) is 15.5. The van der Waals surface area contributed by atoms with Crippen LogP contribution in [-0.2, 0) is 0 Å². The number of hydrogen-bond donors (Lipinski definition) is 3. The fourth-order valence-corrected chi connectivity index (χ4v) is 1.87. The molecule has 1 aliphatic carbocycles. The van der Waals surface area contributed by atoms with Crippen LogP contribution in [0.3, 0.4) is 0 Å². The van der Waals surface area contributed by atoms with E-state index in [1.165, 1.54) is 19.3 Å². The molecule has 0 heterocycles. The molecule has 5 N–H and O–H groups in total. The van der Waals surface area contributed by atoms with Crippen molar-refractivity contribution in [2.75, 3.05) is 17.6 Å². The summed E-state index contributed by atoms with van der Waals surface area (Å²) in [6, 6.07) is 5.12. The Morgan fingerprint density at radius 3 is 2.75 bits per heavy atom. The standard InChI is InChI=1S/C12H17N3O/c13-9-4-5-10(12(14)16)11(6-9)15-7-8-2-1-3-8/h4-6,8,15H,1-3,7,13H2,(H2,14,16). The maximum atomic E-state index is 11.2. The molecule has 1 amide bonds. The Labute approximate surface area is 95.0 Å². The van der Waals surface area contributed by atoms with Gasteiger partial charge in [0, 0.05) is 17.9 Å². The van der Waals surface area contributed by atoms with Gasteiger partial charge in [-0.25, -0.2) is 0 Å². The first-order chi connectivity index (χ1) is 7.66. The molecule has 1 aromatic carbocycles. The summed E-state index contributed by atoms with van der Waals surface area (Å²) in [5.74, 6) is 0.304. The van der Waals surface area contributed by atoms with Gasteiger partial charge in [-0.05, 0) is 37.0 Å². The van der Waals surface area contributed by atoms with E-state index in [-0.39, 0.29) is 0 Å². The molecule has 0 radical (unpaired) electrons. The van der Waals surface area contributed by atoms with E-state index in [9.17, 15) is 4.79 Å². The van der Waals surface area contributed by atoms with Gasteiger partial charge in [-0.2, -0.15) is 0 Å². The van der Waals surface area contributed by atoms with Gasteiger partial charge in [0.1, 0.15) is 0 Å². The fourth-order valence-electron chi connectivity index (χ4n) is 1.87. The van der Waals surface area contributed by atoms with Gasteiger partial charge >= 0.3 is 0 Å². The van der Waals surface area contributed by atoms with Crippen molar-refractivity contribution in [3.63, 3.8) is 0 Å². The van der Waals surface area contributed by atoms with E-state index in [2.05, 4.69) is 5.32 Å². The minimum atomic E-state index is -0.420. The molecule has 86 valence electrons. The van der Waals surface area contributed by atoms with E-state index in [4.69, 9.17) is 11.5 Å². The van der Waals surface area contributed by atoms with Gasteiger partial charge in [-0.3, -0.25) is 4.79 Å². The molecule has 2 rings (SSSR count). The second-order valence-corrected chi connectivity index (χ2v) is 4.35. The van der Waals surface area contributed by atoms with Crippen LogP contribution in [0.2, 0.25) is 0 Å². The number of hydrogen-bond acceptors (Lipinski definition) is 3. The topological polar surface area (TPSA) is 81.1 Å². The Bertz CT molecular complexity index is 399. The molecule has 0 saturated heterocycles. The predicted molar refractivity (Wildman–Crippen MR) is 65.2 cm³/mol. The second-order valence-electron chi connectivity index (χ2n) is 4.35. The molecule has 0 bridgehead atoms. The third kappa shape index (κ3) is 2.27. The van der Waals surface area contributed by atoms with Crippen LogP contribution in [0.4, 0.5) is 11.4 Å². The Morgan fingerprint density at radius 2 is 2.19 bits per heavy atom. The van der Waals surface area contributed by atoms with Gasteiger partial charge in [0.2, 0.25) is 0 Å². The molecule has 0 unspecified atom stereocenters. The Morgan fingerprint density at radius 1 is 1.44 bits per heavy atom. The summed E-state index contributed by atoms with van der Waals surface area (Å²) < 4.78 is 0. The number of anilines is 2. The van der Waals surface area contributed by atoms with Gasteiger partial charge in [0.05, 0.1) is 5.56 Å². The van der Waals surface area contributed by atoms with Crippen LogP contribution < -0.4 is 16.8 Å². The van der Waals surface area contributed by atoms with E-state index in [1.807, 2.05) is 0 Å². The van der Waals surface area contributed by atoms with E-state index >= 15 is 0 Å². The van der Waals surface area contributed by atoms with Crippen LogP contribution in [0.25, 0.3) is 0 Å². The molecule has 1 saturated carbocycles. The van der Waals surface area contributed by atoms with Crippen molar-refractivity contribution in [2.24, 2.45) is 11.7 Å². The molecule has 1 aliphatic rings. The number of primary amides is 1. The highest BCUT2D eigenvalue weighted by Gasteiger charge is 2.17. The zero-order valence-corrected chi connectivity index (χ0v) is 9.20. The van der Waals surface area contributed by atoms with Crippen LogP contribution in [0, 0.1) is 5.92 Å². The summed E-state index contributed by atoms with van der Waals surface area (Å²) in [6.07, 6.45) is 3.84. The van der Waals surface area contributed by atoms with Crippen molar-refractivity contribution in [3.05, 3.63) is 23.8 Å². The molecule has 1 fully saturated rings. The Kier molecular flexibility index (Phi) is 2.99. The Balaban J connectivity index is 2.09. The molecule has 0 aromatic heterocycles. The molecule has 0 aliphatic heterocycles. The van der Waals surface area contributed by atoms with Crippen molar-refractivity contribution >= 4 is 17.3 Å². The summed E-state index contributed by atoms with van der Waals surface area (Å²) in [4.78, 5) is 11.2. The number of nitrogens with two attached hydrogens (primary N) is 2. The van der Waals surface area contributed by atoms with Gasteiger partial charge in [-0.1, -0.05) is 6.42 Å². The largest absolute Gasteiger partial charge is 0.399 e. The first-order valence-electron chi connectivity index (χ1n) is 5.60. The third-order valence-electron chi connectivity index (χ3n) is 3.12. The average Bonchev–Trinajstić information content (AvgIpc) is 2.14. The van der Waals surface area contributed by atoms with Crippen LogP contribution in [0.1, 0.15) is 29.6 Å². The second kappa shape index (κ2) is 4.43. The zero-order chi connectivity index (χ0) is 11.5. The van der Waals surface area contributed by atoms with Gasteiger partial charge in [0.25, 0.3) is 5.91 Å². The first kappa shape index (κ1) is 10.8. The monoisotopic (exact) mass is 219 g/mol. The van der Waals surface area contributed by atoms with Gasteiger partial charge < -0.3 is 16.8 Å². The summed E-state index contributed by atoms with van der Waals surface area (Å²) in [5, 5.41) is 3.26. The number of nitrogen functional groups attached to an aromatic ring is 1. The number of benzene rings is 1. The average molecular weight is 219 g/mol. The zero-order valence-electron chi connectivity index (χ0n) is 9.20. The predicted octanol–water partition coefficient (Wildman–Crippen LogP) is 1.58. The van der Waals surface area contributed by atoms with E-state index in [0.717, 1.165) is 18.2 Å². The van der Waals surface area contributed by atoms with Gasteiger partial charge in [-0.15, -0.1) is 0 Å². The summed E-state index contributed by atoms with van der Waals surface area (Å²) in [5.41, 5.74) is 12.9. The molecular formula is C12H17N3O. The van der Waals surface area contributed by atoms with Gasteiger partial charge in [0.15, 0.2) is 0 Å². The third-order valence-corrected chi connectivity index (χ3v) is 3.12. The van der Waals surface area contributed by atoms with Crippen molar-refractivity contribution in [1.82, 2.24) is 0 Å². The van der Waals surface area contributed by atoms with E-state index < -0.39 is 5.91 Å². The maximum Gasteiger partial charge on any atom is 0.250 e. The first-order valence-corrected chi connectivity index (χ1v) is 5.60. The number of amides is 1. The molecule has 4 nitrogen and oxygen atoms in total. The fraction of sp³-hybridized carbons (Fsp3) is 0.417. The smallest absolute Gasteiger partial charge is 0.250 e. The quantitative estimate of drug-likeness (QED) is 0.672. The minimum Gasteiger partial charge on any atom is -0.399 e. The van der Waals surface area contributed by atoms with Crippen molar-refractivity contribution < 1.29 is 4.79 Å². The molecule has 0 spiro atoms. The highest BCUT2D eigenvalue weighted by atomic mass is 16.1. The SMILES string of the molecule is NC(=O)c1ccc(N)cc1NCC1CCC1. The van der Waals surface area contributed by atoms with Crippen LogP contribution in [0.5, 0.6) is 0 Å². The molecule has 0 atom stereocenters. The van der Waals surface area contributed by atoms with E-state index in [0.29, 0.717) is 11.3 Å². The van der Waals surface area contributed by atoms with Crippen molar-refractivity contribution in [2.45, 2.75) is 19.3 Å². The molecular weight excluding hydrogens is 202 g/mol. The number of carbonyl (C=O) groups excluding carboxylic acids is 1. The summed E-state index contributed by atoms with van der Waals surface area (Å²) in [6.45, 7) is 0.893. The number of carbonyl (C=O) groups is 1. The van der Waals surface area contributed by atoms with Crippen molar-refractivity contribution in [1.29, 1.82) is 0 Å². The van der Waals surface area contributed by atoms with Crippen molar-refractivity contribution in [3.8, 4) is 0 Å². The maximum absolute atomic E-state index is 11.2. The van der Waals surface area contributed by atoms with Crippen LogP contribution >= 0.6 is 0 Å². The highest BCUT2D eigenvalue weighted by molar-refractivity contribution is 5.99. The summed E-state index contributed by atoms with van der Waals surface area (Å²) >= 11 is 0. The van der Waals surface area contributed by atoms with E-state index in [1.54, 1.807) is 18.2 Å². The lowest BCUT2D eigenvalue weighted by molar-refractivity contribution is 0.100. The molecule has 4 heteroatoms. The lowest BCUT2D eigenvalue weighted by Crippen LogP contribution is -2.22. The number of rotatable bonds is 4. The number of nitrogens with one attached hydrogen (secondary N) is 1. The highest BCUT2D eigenvalue weighted by Crippen LogP contribution is 2.27.